The standard InChI is InChI=1S/C15H16ClN/c1-12(15-11-14(16)9-10-17-15)7-8-13-5-3-2-4-6-13/h2-6,9-12H,7-8H2,1H3. The molecule has 1 nitrogen and oxygen atoms in total. The average Bonchev–Trinajstić information content (AvgIpc) is 2.37. The Kier molecular flexibility index (Phi) is 4.16. The van der Waals surface area contributed by atoms with E-state index in [1.54, 1.807) is 6.20 Å². The molecule has 2 heteroatoms. The van der Waals surface area contributed by atoms with Gasteiger partial charge in [0.05, 0.1) is 0 Å². The zero-order chi connectivity index (χ0) is 12.1. The number of halogens is 1. The van der Waals surface area contributed by atoms with E-state index >= 15 is 0 Å². The number of benzene rings is 1. The Bertz CT molecular complexity index is 467. The summed E-state index contributed by atoms with van der Waals surface area (Å²) in [6.45, 7) is 2.20. The molecule has 2 aromatic rings. The molecule has 0 spiro atoms. The lowest BCUT2D eigenvalue weighted by Gasteiger charge is -2.10. The lowest BCUT2D eigenvalue weighted by atomic mass is 9.98. The Morgan fingerprint density at radius 1 is 1.18 bits per heavy atom. The fourth-order valence-electron chi connectivity index (χ4n) is 1.87. The second-order valence-electron chi connectivity index (χ2n) is 4.32. The van der Waals surface area contributed by atoms with Crippen molar-refractivity contribution in [3.05, 3.63) is 64.9 Å². The van der Waals surface area contributed by atoms with Gasteiger partial charge in [-0.05, 0) is 36.5 Å². The smallest absolute Gasteiger partial charge is 0.0446 e. The van der Waals surface area contributed by atoms with Crippen LogP contribution in [-0.2, 0) is 6.42 Å². The molecule has 1 aromatic heterocycles. The molecule has 17 heavy (non-hydrogen) atoms. The van der Waals surface area contributed by atoms with E-state index in [2.05, 4.69) is 36.2 Å². The molecule has 0 fully saturated rings. The van der Waals surface area contributed by atoms with Gasteiger partial charge in [0.25, 0.3) is 0 Å². The summed E-state index contributed by atoms with van der Waals surface area (Å²) in [6, 6.07) is 14.3. The van der Waals surface area contributed by atoms with E-state index in [9.17, 15) is 0 Å². The molecule has 0 aliphatic heterocycles. The summed E-state index contributed by atoms with van der Waals surface area (Å²) < 4.78 is 0. The summed E-state index contributed by atoms with van der Waals surface area (Å²) in [6.07, 6.45) is 3.95. The molecule has 0 saturated carbocycles. The lowest BCUT2D eigenvalue weighted by Crippen LogP contribution is -1.98. The topological polar surface area (TPSA) is 12.9 Å². The van der Waals surface area contributed by atoms with Crippen molar-refractivity contribution < 1.29 is 0 Å². The molecule has 1 unspecified atom stereocenters. The quantitative estimate of drug-likeness (QED) is 0.775. The molecule has 0 radical (unpaired) electrons. The number of pyridine rings is 1. The highest BCUT2D eigenvalue weighted by Crippen LogP contribution is 2.21. The second-order valence-corrected chi connectivity index (χ2v) is 4.76. The first kappa shape index (κ1) is 12.1. The minimum atomic E-state index is 0.439. The number of rotatable bonds is 4. The van der Waals surface area contributed by atoms with Crippen molar-refractivity contribution in [1.82, 2.24) is 4.98 Å². The van der Waals surface area contributed by atoms with E-state index in [1.165, 1.54) is 5.56 Å². The first-order chi connectivity index (χ1) is 8.25. The molecule has 0 aliphatic rings. The normalized spacial score (nSPS) is 12.4. The molecule has 0 N–H and O–H groups in total. The Morgan fingerprint density at radius 2 is 1.94 bits per heavy atom. The van der Waals surface area contributed by atoms with Gasteiger partial charge in [-0.25, -0.2) is 0 Å². The molecule has 0 amide bonds. The van der Waals surface area contributed by atoms with Crippen molar-refractivity contribution >= 4 is 11.6 Å². The van der Waals surface area contributed by atoms with Crippen LogP contribution in [-0.4, -0.2) is 4.98 Å². The number of hydrogen-bond donors (Lipinski definition) is 0. The van der Waals surface area contributed by atoms with Gasteiger partial charge < -0.3 is 0 Å². The van der Waals surface area contributed by atoms with Gasteiger partial charge in [0.1, 0.15) is 0 Å². The predicted molar refractivity (Wildman–Crippen MR) is 72.4 cm³/mol. The monoisotopic (exact) mass is 245 g/mol. The van der Waals surface area contributed by atoms with Crippen LogP contribution in [0.15, 0.2) is 48.7 Å². The molecule has 88 valence electrons. The Hall–Kier alpha value is -1.34. The first-order valence-electron chi connectivity index (χ1n) is 5.91. The van der Waals surface area contributed by atoms with Gasteiger partial charge in [0.15, 0.2) is 0 Å². The van der Waals surface area contributed by atoms with Gasteiger partial charge in [0.2, 0.25) is 0 Å². The van der Waals surface area contributed by atoms with E-state index < -0.39 is 0 Å². The molecule has 0 aliphatic carbocycles. The maximum absolute atomic E-state index is 5.97. The van der Waals surface area contributed by atoms with Gasteiger partial charge in [-0.3, -0.25) is 4.98 Å². The zero-order valence-electron chi connectivity index (χ0n) is 9.94. The Balaban J connectivity index is 1.96. The highest BCUT2D eigenvalue weighted by atomic mass is 35.5. The number of aryl methyl sites for hydroxylation is 1. The van der Waals surface area contributed by atoms with Crippen molar-refractivity contribution in [1.29, 1.82) is 0 Å². The van der Waals surface area contributed by atoms with Crippen molar-refractivity contribution in [3.8, 4) is 0 Å². The maximum atomic E-state index is 5.97. The lowest BCUT2D eigenvalue weighted by molar-refractivity contribution is 0.660. The summed E-state index contributed by atoms with van der Waals surface area (Å²) in [5.41, 5.74) is 2.45. The minimum absolute atomic E-state index is 0.439. The van der Waals surface area contributed by atoms with E-state index in [1.807, 2.05) is 18.2 Å². The number of aromatic nitrogens is 1. The number of hydrogen-bond acceptors (Lipinski definition) is 1. The molecule has 0 saturated heterocycles. The molecule has 1 aromatic carbocycles. The van der Waals surface area contributed by atoms with Crippen molar-refractivity contribution in [3.63, 3.8) is 0 Å². The van der Waals surface area contributed by atoms with Crippen LogP contribution in [0.1, 0.15) is 30.5 Å². The largest absolute Gasteiger partial charge is 0.261 e. The third kappa shape index (κ3) is 3.57. The summed E-state index contributed by atoms with van der Waals surface area (Å²) >= 11 is 5.97. The van der Waals surface area contributed by atoms with Gasteiger partial charge in [-0.2, -0.15) is 0 Å². The zero-order valence-corrected chi connectivity index (χ0v) is 10.7. The van der Waals surface area contributed by atoms with Crippen LogP contribution in [0.4, 0.5) is 0 Å². The van der Waals surface area contributed by atoms with Gasteiger partial charge in [-0.1, -0.05) is 48.9 Å². The van der Waals surface area contributed by atoms with E-state index in [0.29, 0.717) is 5.92 Å². The summed E-state index contributed by atoms with van der Waals surface area (Å²) in [5, 5.41) is 0.765. The van der Waals surface area contributed by atoms with Gasteiger partial charge in [0, 0.05) is 16.9 Å². The minimum Gasteiger partial charge on any atom is -0.261 e. The summed E-state index contributed by atoms with van der Waals surface area (Å²) in [7, 11) is 0. The third-order valence-electron chi connectivity index (χ3n) is 2.96. The fourth-order valence-corrected chi connectivity index (χ4v) is 2.03. The highest BCUT2D eigenvalue weighted by molar-refractivity contribution is 6.30. The van der Waals surface area contributed by atoms with Crippen molar-refractivity contribution in [2.75, 3.05) is 0 Å². The third-order valence-corrected chi connectivity index (χ3v) is 3.19. The first-order valence-corrected chi connectivity index (χ1v) is 6.29. The van der Waals surface area contributed by atoms with E-state index in [-0.39, 0.29) is 0 Å². The molecule has 0 bridgehead atoms. The van der Waals surface area contributed by atoms with Crippen LogP contribution in [0.3, 0.4) is 0 Å². The van der Waals surface area contributed by atoms with Crippen molar-refractivity contribution in [2.24, 2.45) is 0 Å². The average molecular weight is 246 g/mol. The molecular weight excluding hydrogens is 230 g/mol. The molecular formula is C15H16ClN. The van der Waals surface area contributed by atoms with Crippen LogP contribution in [0.25, 0.3) is 0 Å². The van der Waals surface area contributed by atoms with E-state index in [0.717, 1.165) is 23.6 Å². The molecule has 1 atom stereocenters. The van der Waals surface area contributed by atoms with Crippen LogP contribution in [0.5, 0.6) is 0 Å². The fraction of sp³-hybridized carbons (Fsp3) is 0.267. The van der Waals surface area contributed by atoms with E-state index in [4.69, 9.17) is 11.6 Å². The SMILES string of the molecule is CC(CCc1ccccc1)c1cc(Cl)ccn1. The predicted octanol–water partition coefficient (Wildman–Crippen LogP) is 4.47. The van der Waals surface area contributed by atoms with Gasteiger partial charge >= 0.3 is 0 Å². The highest BCUT2D eigenvalue weighted by Gasteiger charge is 2.07. The Labute approximate surface area is 107 Å². The molecule has 1 heterocycles. The Morgan fingerprint density at radius 3 is 2.65 bits per heavy atom. The summed E-state index contributed by atoms with van der Waals surface area (Å²) in [5.74, 6) is 0.439. The maximum Gasteiger partial charge on any atom is 0.0446 e. The van der Waals surface area contributed by atoms with Crippen LogP contribution in [0, 0.1) is 0 Å². The van der Waals surface area contributed by atoms with Crippen molar-refractivity contribution in [2.45, 2.75) is 25.7 Å². The van der Waals surface area contributed by atoms with Crippen LogP contribution >= 0.6 is 11.6 Å². The number of nitrogens with zero attached hydrogens (tertiary/aromatic N) is 1. The molecule has 2 rings (SSSR count). The van der Waals surface area contributed by atoms with Crippen LogP contribution in [0.2, 0.25) is 5.02 Å². The second kappa shape index (κ2) is 5.83. The summed E-state index contributed by atoms with van der Waals surface area (Å²) in [4.78, 5) is 4.37. The van der Waals surface area contributed by atoms with Crippen LogP contribution < -0.4 is 0 Å². The van der Waals surface area contributed by atoms with Gasteiger partial charge in [-0.15, -0.1) is 0 Å².